The van der Waals surface area contributed by atoms with Crippen LogP contribution in [-0.4, -0.2) is 61.2 Å². The average Bonchev–Trinajstić information content (AvgIpc) is 2.78. The number of ether oxygens (including phenoxy) is 1. The van der Waals surface area contributed by atoms with E-state index < -0.39 is 38.0 Å². The summed E-state index contributed by atoms with van der Waals surface area (Å²) in [5.74, 6) is -0.508. The van der Waals surface area contributed by atoms with Crippen LogP contribution in [0.1, 0.15) is 5.56 Å². The first-order valence-corrected chi connectivity index (χ1v) is 10.9. The Labute approximate surface area is 182 Å². The molecule has 32 heavy (non-hydrogen) atoms. The summed E-state index contributed by atoms with van der Waals surface area (Å²) >= 11 is 0. The molecule has 1 aliphatic heterocycles. The lowest BCUT2D eigenvalue weighted by Crippen LogP contribution is -2.50. The zero-order valence-electron chi connectivity index (χ0n) is 16.6. The molecule has 0 aliphatic carbocycles. The second kappa shape index (κ2) is 9.83. The van der Waals surface area contributed by atoms with Gasteiger partial charge < -0.3 is 9.64 Å². The zero-order chi connectivity index (χ0) is 23.3. The number of halogens is 2. The van der Waals surface area contributed by atoms with Crippen molar-refractivity contribution < 1.29 is 31.7 Å². The van der Waals surface area contributed by atoms with E-state index >= 15 is 0 Å². The van der Waals surface area contributed by atoms with Gasteiger partial charge in [0, 0.05) is 43.9 Å². The smallest absolute Gasteiger partial charge is 0.387 e. The number of hydrogen-bond donors (Lipinski definition) is 0. The minimum Gasteiger partial charge on any atom is -0.434 e. The van der Waals surface area contributed by atoms with Gasteiger partial charge in [0.05, 0.1) is 4.92 Å². The molecule has 0 N–H and O–H groups in total. The molecule has 0 spiro atoms. The predicted molar refractivity (Wildman–Crippen MR) is 111 cm³/mol. The largest absolute Gasteiger partial charge is 0.434 e. The molecule has 0 atom stereocenters. The van der Waals surface area contributed by atoms with Gasteiger partial charge in [-0.25, -0.2) is 8.42 Å². The van der Waals surface area contributed by atoms with E-state index in [4.69, 9.17) is 0 Å². The fourth-order valence-corrected chi connectivity index (χ4v) is 4.78. The summed E-state index contributed by atoms with van der Waals surface area (Å²) in [7, 11) is -4.11. The monoisotopic (exact) mass is 467 g/mol. The highest BCUT2D eigenvalue weighted by Crippen LogP contribution is 2.27. The highest BCUT2D eigenvalue weighted by molar-refractivity contribution is 7.89. The molecule has 9 nitrogen and oxygen atoms in total. The molecule has 1 aliphatic rings. The van der Waals surface area contributed by atoms with Gasteiger partial charge >= 0.3 is 6.61 Å². The maximum Gasteiger partial charge on any atom is 0.387 e. The predicted octanol–water partition coefficient (Wildman–Crippen LogP) is 2.74. The maximum absolute atomic E-state index is 12.9. The molecule has 1 heterocycles. The van der Waals surface area contributed by atoms with E-state index in [9.17, 15) is 32.1 Å². The number of nitro groups is 1. The number of nitrogens with zero attached hydrogens (tertiary/aromatic N) is 3. The highest BCUT2D eigenvalue weighted by atomic mass is 32.2. The van der Waals surface area contributed by atoms with Crippen molar-refractivity contribution in [3.8, 4) is 5.75 Å². The van der Waals surface area contributed by atoms with Crippen LogP contribution in [0.25, 0.3) is 6.08 Å². The summed E-state index contributed by atoms with van der Waals surface area (Å²) in [5.41, 5.74) is -0.225. The minimum absolute atomic E-state index is 0.0426. The van der Waals surface area contributed by atoms with Gasteiger partial charge in [0.1, 0.15) is 5.75 Å². The van der Waals surface area contributed by atoms with Gasteiger partial charge in [0.25, 0.3) is 5.69 Å². The van der Waals surface area contributed by atoms with Crippen LogP contribution >= 0.6 is 0 Å². The van der Waals surface area contributed by atoms with Crippen LogP contribution in [0, 0.1) is 10.1 Å². The van der Waals surface area contributed by atoms with Crippen molar-refractivity contribution in [1.82, 2.24) is 9.21 Å². The number of amides is 1. The molecule has 0 radical (unpaired) electrons. The summed E-state index contributed by atoms with van der Waals surface area (Å²) in [4.78, 5) is 23.9. The summed E-state index contributed by atoms with van der Waals surface area (Å²) in [6.45, 7) is -2.95. The maximum atomic E-state index is 12.9. The van der Waals surface area contributed by atoms with E-state index in [0.717, 1.165) is 10.4 Å². The molecular formula is C20H19F2N3O6S. The van der Waals surface area contributed by atoms with Crippen LogP contribution < -0.4 is 4.74 Å². The van der Waals surface area contributed by atoms with Gasteiger partial charge in [-0.2, -0.15) is 13.1 Å². The molecule has 1 saturated heterocycles. The molecular weight excluding hydrogens is 448 g/mol. The second-order valence-electron chi connectivity index (χ2n) is 6.70. The molecule has 1 fully saturated rings. The van der Waals surface area contributed by atoms with E-state index in [1.807, 2.05) is 0 Å². The second-order valence-corrected chi connectivity index (χ2v) is 8.61. The Balaban J connectivity index is 1.67. The van der Waals surface area contributed by atoms with Gasteiger partial charge in [0.2, 0.25) is 15.9 Å². The standard InChI is InChI=1S/C20H19F2N3O6S/c21-20(22)31-17-7-3-1-5-15(17)9-10-19(26)23-11-13-24(14-12-23)32(29,30)18-8-4-2-6-16(18)25(27)28/h1-10,20H,11-14H2/b10-9+. The lowest BCUT2D eigenvalue weighted by Gasteiger charge is -2.33. The average molecular weight is 467 g/mol. The van der Waals surface area contributed by atoms with E-state index in [0.29, 0.717) is 5.56 Å². The molecule has 0 saturated carbocycles. The molecule has 12 heteroatoms. The summed E-state index contributed by atoms with van der Waals surface area (Å²) in [6, 6.07) is 11.1. The van der Waals surface area contributed by atoms with Crippen molar-refractivity contribution in [2.75, 3.05) is 26.2 Å². The Morgan fingerprint density at radius 3 is 2.34 bits per heavy atom. The fourth-order valence-electron chi connectivity index (χ4n) is 3.20. The first-order chi connectivity index (χ1) is 15.2. The topological polar surface area (TPSA) is 110 Å². The summed E-state index contributed by atoms with van der Waals surface area (Å²) in [5, 5.41) is 11.2. The van der Waals surface area contributed by atoms with Gasteiger partial charge in [-0.3, -0.25) is 14.9 Å². The molecule has 0 aromatic heterocycles. The van der Waals surface area contributed by atoms with Crippen LogP contribution in [0.3, 0.4) is 0 Å². The quantitative estimate of drug-likeness (QED) is 0.352. The van der Waals surface area contributed by atoms with Crippen LogP contribution in [0.15, 0.2) is 59.5 Å². The molecule has 1 amide bonds. The van der Waals surface area contributed by atoms with E-state index in [1.54, 1.807) is 6.07 Å². The molecule has 0 unspecified atom stereocenters. The zero-order valence-corrected chi connectivity index (χ0v) is 17.5. The minimum atomic E-state index is -4.11. The first kappa shape index (κ1) is 23.3. The third kappa shape index (κ3) is 5.26. The Kier molecular flexibility index (Phi) is 7.15. The number of sulfonamides is 1. The molecule has 2 aromatic carbocycles. The van der Waals surface area contributed by atoms with Crippen molar-refractivity contribution in [3.05, 3.63) is 70.3 Å². The number of nitro benzene ring substituents is 1. The third-order valence-corrected chi connectivity index (χ3v) is 6.72. The van der Waals surface area contributed by atoms with Crippen molar-refractivity contribution >= 4 is 27.7 Å². The highest BCUT2D eigenvalue weighted by Gasteiger charge is 2.34. The number of alkyl halides is 2. The molecule has 0 bridgehead atoms. The van der Waals surface area contributed by atoms with Gasteiger partial charge in [-0.05, 0) is 18.2 Å². The Bertz CT molecular complexity index is 1130. The van der Waals surface area contributed by atoms with Crippen LogP contribution in [-0.2, 0) is 14.8 Å². The van der Waals surface area contributed by atoms with E-state index in [-0.39, 0.29) is 31.9 Å². The third-order valence-electron chi connectivity index (χ3n) is 4.77. The lowest BCUT2D eigenvalue weighted by atomic mass is 10.2. The van der Waals surface area contributed by atoms with Crippen LogP contribution in [0.4, 0.5) is 14.5 Å². The number of piperazine rings is 1. The Morgan fingerprint density at radius 2 is 1.69 bits per heavy atom. The van der Waals surface area contributed by atoms with Gasteiger partial charge in [-0.15, -0.1) is 0 Å². The SMILES string of the molecule is O=C(/C=C/c1ccccc1OC(F)F)N1CCN(S(=O)(=O)c2ccccc2[N+](=O)[O-])CC1. The fraction of sp³-hybridized carbons (Fsp3) is 0.250. The summed E-state index contributed by atoms with van der Waals surface area (Å²) in [6.07, 6.45) is 2.54. The number of rotatable bonds is 7. The lowest BCUT2D eigenvalue weighted by molar-refractivity contribution is -0.387. The van der Waals surface area contributed by atoms with Gasteiger partial charge in [-0.1, -0.05) is 30.3 Å². The number of benzene rings is 2. The number of carbonyl (C=O) groups is 1. The van der Waals surface area contributed by atoms with Crippen molar-refractivity contribution in [2.45, 2.75) is 11.5 Å². The molecule has 3 rings (SSSR count). The van der Waals surface area contributed by atoms with E-state index in [2.05, 4.69) is 4.74 Å². The van der Waals surface area contributed by atoms with E-state index in [1.165, 1.54) is 53.5 Å². The Morgan fingerprint density at radius 1 is 1.06 bits per heavy atom. The number of para-hydroxylation sites is 2. The van der Waals surface area contributed by atoms with Crippen LogP contribution in [0.5, 0.6) is 5.75 Å². The first-order valence-electron chi connectivity index (χ1n) is 9.44. The normalized spacial score (nSPS) is 15.3. The molecule has 170 valence electrons. The van der Waals surface area contributed by atoms with Crippen molar-refractivity contribution in [2.24, 2.45) is 0 Å². The number of carbonyl (C=O) groups excluding carboxylic acids is 1. The van der Waals surface area contributed by atoms with Crippen molar-refractivity contribution in [1.29, 1.82) is 0 Å². The van der Waals surface area contributed by atoms with Gasteiger partial charge in [0.15, 0.2) is 4.90 Å². The molecule has 2 aromatic rings. The Hall–Kier alpha value is -3.38. The summed E-state index contributed by atoms with van der Waals surface area (Å²) < 4.78 is 56.2. The van der Waals surface area contributed by atoms with Crippen LogP contribution in [0.2, 0.25) is 0 Å². The number of hydrogen-bond acceptors (Lipinski definition) is 6. The van der Waals surface area contributed by atoms with Crippen molar-refractivity contribution in [3.63, 3.8) is 0 Å².